The molecule has 1 aromatic heterocycles. The summed E-state index contributed by atoms with van der Waals surface area (Å²) in [7, 11) is 0. The third-order valence-electron chi connectivity index (χ3n) is 2.48. The van der Waals surface area contributed by atoms with E-state index < -0.39 is 4.92 Å². The third kappa shape index (κ3) is 2.46. The molecule has 0 bridgehead atoms. The molecule has 1 unspecified atom stereocenters. The second-order valence-corrected chi connectivity index (χ2v) is 3.67. The van der Waals surface area contributed by atoms with Gasteiger partial charge < -0.3 is 10.1 Å². The van der Waals surface area contributed by atoms with Crippen LogP contribution in [-0.4, -0.2) is 29.1 Å². The number of hydrogen-bond donors (Lipinski definition) is 1. The van der Waals surface area contributed by atoms with Gasteiger partial charge in [-0.3, -0.25) is 10.1 Å². The molecule has 1 saturated heterocycles. The summed E-state index contributed by atoms with van der Waals surface area (Å²) in [6.07, 6.45) is 3.40. The Hall–Kier alpha value is -1.69. The number of nitrogens with zero attached hydrogens (tertiary/aromatic N) is 2. The Labute approximate surface area is 92.8 Å². The van der Waals surface area contributed by atoms with E-state index >= 15 is 0 Å². The van der Waals surface area contributed by atoms with E-state index in [-0.39, 0.29) is 17.7 Å². The maximum Gasteiger partial charge on any atom is 0.330 e. The van der Waals surface area contributed by atoms with E-state index in [1.807, 2.05) is 0 Å². The number of rotatable bonds is 3. The largest absolute Gasteiger partial charge is 0.468 e. The first-order valence-corrected chi connectivity index (χ1v) is 5.24. The third-order valence-corrected chi connectivity index (χ3v) is 2.48. The molecule has 16 heavy (non-hydrogen) atoms. The normalized spacial score (nSPS) is 20.4. The summed E-state index contributed by atoms with van der Waals surface area (Å²) in [5.74, 6) is 0.112. The number of nitrogens with one attached hydrogen (secondary N) is 1. The fraction of sp³-hybridized carbons (Fsp3) is 0.500. The van der Waals surface area contributed by atoms with Crippen molar-refractivity contribution in [3.8, 4) is 5.88 Å². The minimum absolute atomic E-state index is 0.0256. The first-order chi connectivity index (χ1) is 7.77. The highest BCUT2D eigenvalue weighted by atomic mass is 16.6. The van der Waals surface area contributed by atoms with Gasteiger partial charge in [-0.05, 0) is 25.5 Å². The summed E-state index contributed by atoms with van der Waals surface area (Å²) in [6.45, 7) is 1.69. The average Bonchev–Trinajstić information content (AvgIpc) is 2.31. The van der Waals surface area contributed by atoms with E-state index in [0.717, 1.165) is 19.4 Å². The van der Waals surface area contributed by atoms with Crippen molar-refractivity contribution in [1.29, 1.82) is 0 Å². The van der Waals surface area contributed by atoms with Gasteiger partial charge in [0.1, 0.15) is 6.10 Å². The van der Waals surface area contributed by atoms with Gasteiger partial charge in [0.25, 0.3) is 5.88 Å². The lowest BCUT2D eigenvalue weighted by Gasteiger charge is -2.22. The van der Waals surface area contributed by atoms with E-state index in [1.54, 1.807) is 0 Å². The number of pyridine rings is 1. The van der Waals surface area contributed by atoms with Crippen LogP contribution in [0, 0.1) is 10.1 Å². The van der Waals surface area contributed by atoms with Crippen molar-refractivity contribution in [2.45, 2.75) is 18.9 Å². The Balaban J connectivity index is 2.10. The molecule has 86 valence electrons. The standard InChI is InChI=1S/C10H13N3O3/c14-13(15)9-4-2-6-12-10(9)16-8-3-1-5-11-7-8/h2,4,6,8,11H,1,3,5,7H2. The topological polar surface area (TPSA) is 77.3 Å². The molecule has 1 fully saturated rings. The molecule has 0 spiro atoms. The molecule has 1 atom stereocenters. The number of aromatic nitrogens is 1. The van der Waals surface area contributed by atoms with Gasteiger partial charge in [0.2, 0.25) is 0 Å². The maximum atomic E-state index is 10.7. The molecular weight excluding hydrogens is 210 g/mol. The van der Waals surface area contributed by atoms with Crippen LogP contribution in [0.1, 0.15) is 12.8 Å². The van der Waals surface area contributed by atoms with Crippen LogP contribution in [0.25, 0.3) is 0 Å². The zero-order valence-electron chi connectivity index (χ0n) is 8.76. The lowest BCUT2D eigenvalue weighted by Crippen LogP contribution is -2.37. The van der Waals surface area contributed by atoms with E-state index in [9.17, 15) is 10.1 Å². The average molecular weight is 223 g/mol. The lowest BCUT2D eigenvalue weighted by molar-refractivity contribution is -0.386. The Morgan fingerprint density at radius 1 is 1.62 bits per heavy atom. The summed E-state index contributed by atoms with van der Waals surface area (Å²) in [5, 5.41) is 13.9. The minimum Gasteiger partial charge on any atom is -0.468 e. The zero-order chi connectivity index (χ0) is 11.4. The molecule has 0 radical (unpaired) electrons. The fourth-order valence-corrected chi connectivity index (χ4v) is 1.69. The van der Waals surface area contributed by atoms with Crippen molar-refractivity contribution in [2.75, 3.05) is 13.1 Å². The molecule has 0 aliphatic carbocycles. The minimum atomic E-state index is -0.474. The van der Waals surface area contributed by atoms with Crippen molar-refractivity contribution in [2.24, 2.45) is 0 Å². The molecule has 1 aliphatic heterocycles. The summed E-state index contributed by atoms with van der Waals surface area (Å²) in [4.78, 5) is 14.2. The molecular formula is C10H13N3O3. The van der Waals surface area contributed by atoms with Crippen molar-refractivity contribution in [3.05, 3.63) is 28.4 Å². The zero-order valence-corrected chi connectivity index (χ0v) is 8.76. The smallest absolute Gasteiger partial charge is 0.330 e. The molecule has 0 aromatic carbocycles. The second-order valence-electron chi connectivity index (χ2n) is 3.67. The maximum absolute atomic E-state index is 10.7. The highest BCUT2D eigenvalue weighted by Gasteiger charge is 2.21. The first kappa shape index (κ1) is 10.8. The van der Waals surface area contributed by atoms with E-state index in [0.29, 0.717) is 6.54 Å². The van der Waals surface area contributed by atoms with Gasteiger partial charge in [-0.2, -0.15) is 0 Å². The Kier molecular flexibility index (Phi) is 3.31. The van der Waals surface area contributed by atoms with E-state index in [2.05, 4.69) is 10.3 Å². The van der Waals surface area contributed by atoms with Crippen LogP contribution in [-0.2, 0) is 0 Å². The number of nitro groups is 1. The van der Waals surface area contributed by atoms with Gasteiger partial charge in [0, 0.05) is 18.8 Å². The molecule has 1 aliphatic rings. The van der Waals surface area contributed by atoms with Gasteiger partial charge >= 0.3 is 5.69 Å². The van der Waals surface area contributed by atoms with Gasteiger partial charge in [0.05, 0.1) is 4.92 Å². The molecule has 6 nitrogen and oxygen atoms in total. The van der Waals surface area contributed by atoms with Crippen LogP contribution in [0.2, 0.25) is 0 Å². The molecule has 1 aromatic rings. The van der Waals surface area contributed by atoms with Gasteiger partial charge in [-0.1, -0.05) is 0 Å². The van der Waals surface area contributed by atoms with Crippen LogP contribution in [0.5, 0.6) is 5.88 Å². The SMILES string of the molecule is O=[N+]([O-])c1cccnc1OC1CCCNC1. The van der Waals surface area contributed by atoms with Crippen molar-refractivity contribution < 1.29 is 9.66 Å². The lowest BCUT2D eigenvalue weighted by atomic mass is 10.1. The molecule has 6 heteroatoms. The molecule has 2 heterocycles. The second kappa shape index (κ2) is 4.89. The Bertz CT molecular complexity index is 377. The van der Waals surface area contributed by atoms with Crippen molar-refractivity contribution >= 4 is 5.69 Å². The van der Waals surface area contributed by atoms with Crippen LogP contribution in [0.15, 0.2) is 18.3 Å². The Morgan fingerprint density at radius 2 is 2.50 bits per heavy atom. The van der Waals surface area contributed by atoms with E-state index in [4.69, 9.17) is 4.74 Å². The van der Waals surface area contributed by atoms with Crippen molar-refractivity contribution in [1.82, 2.24) is 10.3 Å². The molecule has 0 saturated carbocycles. The van der Waals surface area contributed by atoms with Crippen LogP contribution in [0.4, 0.5) is 5.69 Å². The van der Waals surface area contributed by atoms with E-state index in [1.165, 1.54) is 18.3 Å². The number of ether oxygens (including phenoxy) is 1. The molecule has 2 rings (SSSR count). The first-order valence-electron chi connectivity index (χ1n) is 5.24. The van der Waals surface area contributed by atoms with Gasteiger partial charge in [-0.15, -0.1) is 0 Å². The summed E-state index contributed by atoms with van der Waals surface area (Å²) in [6, 6.07) is 2.93. The fourth-order valence-electron chi connectivity index (χ4n) is 1.69. The number of piperidine rings is 1. The predicted molar refractivity (Wildman–Crippen MR) is 57.4 cm³/mol. The highest BCUT2D eigenvalue weighted by molar-refractivity contribution is 5.39. The van der Waals surface area contributed by atoms with Crippen LogP contribution < -0.4 is 10.1 Å². The monoisotopic (exact) mass is 223 g/mol. The molecule has 0 amide bonds. The highest BCUT2D eigenvalue weighted by Crippen LogP contribution is 2.24. The van der Waals surface area contributed by atoms with Gasteiger partial charge in [-0.25, -0.2) is 4.98 Å². The van der Waals surface area contributed by atoms with Crippen molar-refractivity contribution in [3.63, 3.8) is 0 Å². The summed E-state index contributed by atoms with van der Waals surface area (Å²) in [5.41, 5.74) is -0.0759. The quantitative estimate of drug-likeness (QED) is 0.613. The molecule has 1 N–H and O–H groups in total. The summed E-state index contributed by atoms with van der Waals surface area (Å²) < 4.78 is 5.53. The van der Waals surface area contributed by atoms with Gasteiger partial charge in [0.15, 0.2) is 0 Å². The van der Waals surface area contributed by atoms with Crippen LogP contribution >= 0.6 is 0 Å². The summed E-state index contributed by atoms with van der Waals surface area (Å²) >= 11 is 0. The predicted octanol–water partition coefficient (Wildman–Crippen LogP) is 1.12. The number of hydrogen-bond acceptors (Lipinski definition) is 5. The van der Waals surface area contributed by atoms with Crippen LogP contribution in [0.3, 0.4) is 0 Å². The Morgan fingerprint density at radius 3 is 3.19 bits per heavy atom.